The maximum absolute atomic E-state index is 12.8. The number of aromatic nitrogens is 3. The van der Waals surface area contributed by atoms with Crippen molar-refractivity contribution in [1.82, 2.24) is 14.5 Å². The number of aryl methyl sites for hydroxylation is 3. The lowest BCUT2D eigenvalue weighted by molar-refractivity contribution is -0.0504. The summed E-state index contributed by atoms with van der Waals surface area (Å²) in [4.78, 5) is 9.07. The number of hydrogen-bond donors (Lipinski definition) is 0. The van der Waals surface area contributed by atoms with Crippen molar-refractivity contribution in [3.63, 3.8) is 0 Å². The predicted molar refractivity (Wildman–Crippen MR) is 109 cm³/mol. The van der Waals surface area contributed by atoms with Crippen LogP contribution in [0.25, 0.3) is 22.2 Å². The van der Waals surface area contributed by atoms with Crippen LogP contribution in [-0.2, 0) is 6.54 Å². The normalized spacial score (nSPS) is 11.4. The lowest BCUT2D eigenvalue weighted by Gasteiger charge is -2.13. The first-order chi connectivity index (χ1) is 13.9. The van der Waals surface area contributed by atoms with Gasteiger partial charge in [0.15, 0.2) is 0 Å². The number of halogens is 2. The minimum absolute atomic E-state index is 0.181. The van der Waals surface area contributed by atoms with Crippen molar-refractivity contribution in [1.29, 1.82) is 0 Å². The molecule has 0 unspecified atom stereocenters. The average molecular weight is 393 g/mol. The number of alkyl halides is 2. The van der Waals surface area contributed by atoms with Crippen LogP contribution in [0.3, 0.4) is 0 Å². The molecule has 2 aromatic heterocycles. The number of nitrogens with zero attached hydrogens (tertiary/aromatic N) is 3. The molecule has 4 rings (SSSR count). The van der Waals surface area contributed by atoms with Gasteiger partial charge in [-0.05, 0) is 62.2 Å². The molecule has 0 aliphatic heterocycles. The number of fused-ring (bicyclic) bond motifs is 1. The zero-order valence-corrected chi connectivity index (χ0v) is 16.5. The van der Waals surface area contributed by atoms with Gasteiger partial charge in [0, 0.05) is 17.0 Å². The Balaban J connectivity index is 1.79. The molecule has 0 saturated carbocycles. The van der Waals surface area contributed by atoms with Gasteiger partial charge in [-0.1, -0.05) is 24.3 Å². The number of imidazole rings is 1. The van der Waals surface area contributed by atoms with Gasteiger partial charge in [-0.2, -0.15) is 8.78 Å². The molecule has 0 aliphatic carbocycles. The molecule has 2 heterocycles. The number of para-hydroxylation sites is 1. The summed E-state index contributed by atoms with van der Waals surface area (Å²) in [6, 6.07) is 17.1. The lowest BCUT2D eigenvalue weighted by Crippen LogP contribution is -2.08. The van der Waals surface area contributed by atoms with Crippen LogP contribution in [0.15, 0.2) is 54.6 Å². The summed E-state index contributed by atoms with van der Waals surface area (Å²) >= 11 is 0. The van der Waals surface area contributed by atoms with E-state index in [1.54, 1.807) is 18.2 Å². The monoisotopic (exact) mass is 393 g/mol. The maximum Gasteiger partial charge on any atom is 0.387 e. The second-order valence-electron chi connectivity index (χ2n) is 7.07. The third-order valence-electron chi connectivity index (χ3n) is 4.87. The Hall–Kier alpha value is -3.28. The Morgan fingerprint density at radius 3 is 2.34 bits per heavy atom. The smallest absolute Gasteiger partial charge is 0.387 e. The van der Waals surface area contributed by atoms with Crippen molar-refractivity contribution in [3.8, 4) is 16.9 Å². The van der Waals surface area contributed by atoms with Crippen LogP contribution >= 0.6 is 0 Å². The second kappa shape index (κ2) is 7.62. The summed E-state index contributed by atoms with van der Waals surface area (Å²) in [7, 11) is 0. The highest BCUT2D eigenvalue weighted by atomic mass is 19.3. The average Bonchev–Trinajstić information content (AvgIpc) is 2.97. The number of benzene rings is 2. The fourth-order valence-corrected chi connectivity index (χ4v) is 3.64. The fraction of sp³-hybridized carbons (Fsp3) is 0.217. The molecule has 4 aromatic rings. The summed E-state index contributed by atoms with van der Waals surface area (Å²) in [6.45, 7) is 3.40. The highest BCUT2D eigenvalue weighted by Crippen LogP contribution is 2.28. The number of hydrogen-bond acceptors (Lipinski definition) is 3. The number of rotatable bonds is 5. The van der Waals surface area contributed by atoms with Gasteiger partial charge in [0.25, 0.3) is 0 Å². The third kappa shape index (κ3) is 3.97. The van der Waals surface area contributed by atoms with E-state index < -0.39 is 6.61 Å². The van der Waals surface area contributed by atoms with Crippen LogP contribution in [0, 0.1) is 20.8 Å². The molecule has 0 bridgehead atoms. The summed E-state index contributed by atoms with van der Waals surface area (Å²) < 4.78 is 32.3. The van der Waals surface area contributed by atoms with E-state index in [1.165, 1.54) is 0 Å². The summed E-state index contributed by atoms with van der Waals surface area (Å²) in [5.41, 5.74) is 6.55. The van der Waals surface area contributed by atoms with Crippen molar-refractivity contribution in [3.05, 3.63) is 77.4 Å². The molecule has 4 nitrogen and oxygen atoms in total. The van der Waals surface area contributed by atoms with Gasteiger partial charge in [-0.15, -0.1) is 0 Å². The third-order valence-corrected chi connectivity index (χ3v) is 4.87. The molecule has 0 spiro atoms. The summed E-state index contributed by atoms with van der Waals surface area (Å²) in [6.07, 6.45) is 0. The zero-order chi connectivity index (χ0) is 20.5. The Bertz CT molecular complexity index is 1160. The van der Waals surface area contributed by atoms with E-state index in [4.69, 9.17) is 4.74 Å². The summed E-state index contributed by atoms with van der Waals surface area (Å²) in [5, 5.41) is 0. The quantitative estimate of drug-likeness (QED) is 0.438. The van der Waals surface area contributed by atoms with Gasteiger partial charge in [-0.3, -0.25) is 4.98 Å². The van der Waals surface area contributed by atoms with Crippen LogP contribution in [0.1, 0.15) is 22.8 Å². The van der Waals surface area contributed by atoms with Crippen LogP contribution in [-0.4, -0.2) is 21.1 Å². The molecular weight excluding hydrogens is 372 g/mol. The van der Waals surface area contributed by atoms with Crippen LogP contribution in [0.5, 0.6) is 5.75 Å². The minimum Gasteiger partial charge on any atom is -0.434 e. The van der Waals surface area contributed by atoms with Gasteiger partial charge in [0.1, 0.15) is 11.6 Å². The topological polar surface area (TPSA) is 39.9 Å². The van der Waals surface area contributed by atoms with E-state index in [0.717, 1.165) is 39.4 Å². The van der Waals surface area contributed by atoms with E-state index in [1.807, 2.05) is 55.7 Å². The number of pyridine rings is 1. The van der Waals surface area contributed by atoms with E-state index in [2.05, 4.69) is 16.0 Å². The van der Waals surface area contributed by atoms with Crippen molar-refractivity contribution in [2.24, 2.45) is 0 Å². The van der Waals surface area contributed by atoms with Crippen LogP contribution in [0.4, 0.5) is 8.78 Å². The first kappa shape index (κ1) is 19.1. The molecule has 6 heteroatoms. The zero-order valence-electron chi connectivity index (χ0n) is 16.5. The van der Waals surface area contributed by atoms with E-state index >= 15 is 0 Å². The Morgan fingerprint density at radius 2 is 1.62 bits per heavy atom. The number of ether oxygens (including phenoxy) is 1. The second-order valence-corrected chi connectivity index (χ2v) is 7.07. The maximum atomic E-state index is 12.8. The van der Waals surface area contributed by atoms with Gasteiger partial charge in [0.2, 0.25) is 0 Å². The van der Waals surface area contributed by atoms with E-state index in [9.17, 15) is 8.78 Å². The molecule has 0 aliphatic rings. The van der Waals surface area contributed by atoms with Gasteiger partial charge in [-0.25, -0.2) is 4.98 Å². The van der Waals surface area contributed by atoms with E-state index in [0.29, 0.717) is 12.1 Å². The Labute approximate surface area is 167 Å². The molecule has 0 atom stereocenters. The predicted octanol–water partition coefficient (Wildman–Crippen LogP) is 5.67. The van der Waals surface area contributed by atoms with Crippen molar-refractivity contribution >= 4 is 11.0 Å². The lowest BCUT2D eigenvalue weighted by atomic mass is 10.0. The molecule has 0 fully saturated rings. The SMILES string of the molecule is Cc1cc(-c2ccc3nc(C)n(Cc4ccccc4OC(F)F)c3c2)cc(C)n1. The highest BCUT2D eigenvalue weighted by Gasteiger charge is 2.14. The van der Waals surface area contributed by atoms with Crippen molar-refractivity contribution in [2.45, 2.75) is 33.9 Å². The van der Waals surface area contributed by atoms with Crippen molar-refractivity contribution in [2.75, 3.05) is 0 Å². The van der Waals surface area contributed by atoms with Crippen LogP contribution in [0.2, 0.25) is 0 Å². The molecular formula is C23H21F2N3O. The molecule has 29 heavy (non-hydrogen) atoms. The molecule has 0 radical (unpaired) electrons. The van der Waals surface area contributed by atoms with Gasteiger partial charge >= 0.3 is 6.61 Å². The summed E-state index contributed by atoms with van der Waals surface area (Å²) in [5.74, 6) is 0.992. The fourth-order valence-electron chi connectivity index (χ4n) is 3.64. The highest BCUT2D eigenvalue weighted by molar-refractivity contribution is 5.83. The van der Waals surface area contributed by atoms with Gasteiger partial charge in [0.05, 0.1) is 17.6 Å². The Kier molecular flexibility index (Phi) is 5.01. The van der Waals surface area contributed by atoms with Crippen LogP contribution < -0.4 is 4.74 Å². The van der Waals surface area contributed by atoms with Crippen molar-refractivity contribution < 1.29 is 13.5 Å². The standard InChI is InChI=1S/C23H21F2N3O/c1-14-10-19(11-15(2)26-14)17-8-9-20-21(12-17)28(16(3)27-20)13-18-6-4-5-7-22(18)29-23(24)25/h4-12,23H,13H2,1-3H3. The Morgan fingerprint density at radius 1 is 0.897 bits per heavy atom. The molecule has 0 N–H and O–H groups in total. The van der Waals surface area contributed by atoms with E-state index in [-0.39, 0.29) is 5.75 Å². The molecule has 0 amide bonds. The molecule has 2 aromatic carbocycles. The molecule has 148 valence electrons. The molecule has 0 saturated heterocycles. The minimum atomic E-state index is -2.86. The first-order valence-electron chi connectivity index (χ1n) is 9.36. The van der Waals surface area contributed by atoms with Gasteiger partial charge < -0.3 is 9.30 Å². The first-order valence-corrected chi connectivity index (χ1v) is 9.36. The largest absolute Gasteiger partial charge is 0.434 e.